The first kappa shape index (κ1) is 13.1. The molecule has 0 bridgehead atoms. The van der Waals surface area contributed by atoms with Crippen molar-refractivity contribution < 1.29 is 9.18 Å². The second kappa shape index (κ2) is 5.51. The molecule has 3 heteroatoms. The van der Waals surface area contributed by atoms with Crippen molar-refractivity contribution in [2.75, 3.05) is 6.54 Å². The Labute approximate surface area is 108 Å². The molecule has 0 aromatic heterocycles. The second-order valence-electron chi connectivity index (χ2n) is 4.97. The first-order chi connectivity index (χ1) is 8.65. The molecule has 1 aromatic rings. The average Bonchev–Trinajstić information content (AvgIpc) is 2.87. The van der Waals surface area contributed by atoms with Crippen molar-refractivity contribution in [1.29, 1.82) is 0 Å². The number of aryl methyl sites for hydroxylation is 1. The minimum absolute atomic E-state index is 0.161. The number of rotatable bonds is 3. The summed E-state index contributed by atoms with van der Waals surface area (Å²) in [5.74, 6) is -0.537. The Morgan fingerprint density at radius 3 is 2.67 bits per heavy atom. The van der Waals surface area contributed by atoms with E-state index in [2.05, 4.69) is 0 Å². The summed E-state index contributed by atoms with van der Waals surface area (Å²) in [5, 5.41) is 0. The molecular formula is C15H20FNO. The van der Waals surface area contributed by atoms with Crippen molar-refractivity contribution in [3.8, 4) is 0 Å². The molecular weight excluding hydrogens is 229 g/mol. The first-order valence-electron chi connectivity index (χ1n) is 6.71. The smallest absolute Gasteiger partial charge is 0.257 e. The molecule has 98 valence electrons. The number of nitrogens with zero attached hydrogens (tertiary/aromatic N) is 1. The van der Waals surface area contributed by atoms with Crippen LogP contribution in [-0.4, -0.2) is 23.4 Å². The summed E-state index contributed by atoms with van der Waals surface area (Å²) in [6.07, 6.45) is 4.44. The van der Waals surface area contributed by atoms with Crippen LogP contribution in [0.2, 0.25) is 0 Å². The zero-order valence-electron chi connectivity index (χ0n) is 11.1. The van der Waals surface area contributed by atoms with Crippen molar-refractivity contribution in [2.24, 2.45) is 0 Å². The Kier molecular flexibility index (Phi) is 4.00. The van der Waals surface area contributed by atoms with Gasteiger partial charge in [-0.2, -0.15) is 0 Å². The van der Waals surface area contributed by atoms with E-state index in [1.54, 1.807) is 25.1 Å². The molecule has 1 aromatic carbocycles. The molecule has 0 aliphatic heterocycles. The van der Waals surface area contributed by atoms with Gasteiger partial charge < -0.3 is 4.90 Å². The van der Waals surface area contributed by atoms with Gasteiger partial charge in [-0.1, -0.05) is 25.0 Å². The monoisotopic (exact) mass is 249 g/mol. The third-order valence-corrected chi connectivity index (χ3v) is 3.79. The minimum atomic E-state index is -0.376. The lowest BCUT2D eigenvalue weighted by atomic mass is 10.1. The number of carbonyl (C=O) groups is 1. The molecule has 2 nitrogen and oxygen atoms in total. The quantitative estimate of drug-likeness (QED) is 0.802. The molecule has 0 atom stereocenters. The number of halogens is 1. The van der Waals surface area contributed by atoms with E-state index in [1.165, 1.54) is 12.8 Å². The van der Waals surface area contributed by atoms with Gasteiger partial charge in [0.05, 0.1) is 5.56 Å². The predicted octanol–water partition coefficient (Wildman–Crippen LogP) is 3.54. The fourth-order valence-electron chi connectivity index (χ4n) is 2.75. The summed E-state index contributed by atoms with van der Waals surface area (Å²) >= 11 is 0. The Balaban J connectivity index is 2.25. The molecule has 0 heterocycles. The number of amides is 1. The van der Waals surface area contributed by atoms with Crippen LogP contribution in [0.4, 0.5) is 4.39 Å². The maximum absolute atomic E-state index is 14.0. The summed E-state index contributed by atoms with van der Waals surface area (Å²) in [5.41, 5.74) is 0.743. The van der Waals surface area contributed by atoms with Gasteiger partial charge in [0.25, 0.3) is 5.91 Å². The van der Waals surface area contributed by atoms with Crippen molar-refractivity contribution in [3.05, 3.63) is 35.1 Å². The zero-order chi connectivity index (χ0) is 13.1. The first-order valence-corrected chi connectivity index (χ1v) is 6.71. The molecule has 18 heavy (non-hydrogen) atoms. The summed E-state index contributed by atoms with van der Waals surface area (Å²) in [6.45, 7) is 4.30. The van der Waals surface area contributed by atoms with Gasteiger partial charge in [-0.15, -0.1) is 0 Å². The van der Waals surface area contributed by atoms with Crippen molar-refractivity contribution in [3.63, 3.8) is 0 Å². The van der Waals surface area contributed by atoms with Crippen LogP contribution >= 0.6 is 0 Å². The fourth-order valence-corrected chi connectivity index (χ4v) is 2.75. The SMILES string of the molecule is CCN(C(=O)c1cccc(C)c1F)C1CCCC1. The van der Waals surface area contributed by atoms with Gasteiger partial charge in [0.2, 0.25) is 0 Å². The summed E-state index contributed by atoms with van der Waals surface area (Å²) < 4.78 is 14.0. The molecule has 0 radical (unpaired) electrons. The summed E-state index contributed by atoms with van der Waals surface area (Å²) in [4.78, 5) is 14.2. The van der Waals surface area contributed by atoms with Crippen LogP contribution in [-0.2, 0) is 0 Å². The Hall–Kier alpha value is -1.38. The predicted molar refractivity (Wildman–Crippen MR) is 70.1 cm³/mol. The molecule has 1 saturated carbocycles. The summed E-state index contributed by atoms with van der Waals surface area (Å²) in [6, 6.07) is 5.32. The lowest BCUT2D eigenvalue weighted by Gasteiger charge is -2.28. The van der Waals surface area contributed by atoms with Gasteiger partial charge in [-0.25, -0.2) is 4.39 Å². The molecule has 1 fully saturated rings. The van der Waals surface area contributed by atoms with Gasteiger partial charge in [-0.05, 0) is 38.3 Å². The van der Waals surface area contributed by atoms with E-state index in [1.807, 2.05) is 11.8 Å². The lowest BCUT2D eigenvalue weighted by Crippen LogP contribution is -2.39. The van der Waals surface area contributed by atoms with E-state index < -0.39 is 0 Å². The standard InChI is InChI=1S/C15H20FNO/c1-3-17(12-8-4-5-9-12)15(18)13-10-6-7-11(2)14(13)16/h6-7,10,12H,3-5,8-9H2,1-2H3. The molecule has 0 saturated heterocycles. The largest absolute Gasteiger partial charge is 0.336 e. The second-order valence-corrected chi connectivity index (χ2v) is 4.97. The molecule has 0 unspecified atom stereocenters. The van der Waals surface area contributed by atoms with E-state index in [-0.39, 0.29) is 17.3 Å². The van der Waals surface area contributed by atoms with E-state index in [0.29, 0.717) is 18.2 Å². The van der Waals surface area contributed by atoms with Crippen LogP contribution in [0.5, 0.6) is 0 Å². The molecule has 2 rings (SSSR count). The third-order valence-electron chi connectivity index (χ3n) is 3.79. The van der Waals surface area contributed by atoms with Crippen molar-refractivity contribution in [2.45, 2.75) is 45.6 Å². The highest BCUT2D eigenvalue weighted by atomic mass is 19.1. The van der Waals surface area contributed by atoms with Gasteiger partial charge in [-0.3, -0.25) is 4.79 Å². The molecule has 0 N–H and O–H groups in total. The Bertz CT molecular complexity index is 438. The lowest BCUT2D eigenvalue weighted by molar-refractivity contribution is 0.0688. The van der Waals surface area contributed by atoms with Crippen LogP contribution in [0.1, 0.15) is 48.5 Å². The molecule has 1 aliphatic carbocycles. The molecule has 1 aliphatic rings. The van der Waals surface area contributed by atoms with Crippen molar-refractivity contribution in [1.82, 2.24) is 4.90 Å². The van der Waals surface area contributed by atoms with Crippen LogP contribution < -0.4 is 0 Å². The van der Waals surface area contributed by atoms with Gasteiger partial charge >= 0.3 is 0 Å². The van der Waals surface area contributed by atoms with E-state index in [4.69, 9.17) is 0 Å². The van der Waals surface area contributed by atoms with Crippen LogP contribution in [0, 0.1) is 12.7 Å². The van der Waals surface area contributed by atoms with Crippen molar-refractivity contribution >= 4 is 5.91 Å². The normalized spacial score (nSPS) is 15.9. The number of benzene rings is 1. The Morgan fingerprint density at radius 2 is 2.06 bits per heavy atom. The highest BCUT2D eigenvalue weighted by Crippen LogP contribution is 2.25. The number of hydrogen-bond donors (Lipinski definition) is 0. The van der Waals surface area contributed by atoms with E-state index in [9.17, 15) is 9.18 Å². The number of carbonyl (C=O) groups excluding carboxylic acids is 1. The van der Waals surface area contributed by atoms with Crippen LogP contribution in [0.3, 0.4) is 0 Å². The maximum Gasteiger partial charge on any atom is 0.257 e. The van der Waals surface area contributed by atoms with Crippen LogP contribution in [0.15, 0.2) is 18.2 Å². The van der Waals surface area contributed by atoms with Crippen LogP contribution in [0.25, 0.3) is 0 Å². The van der Waals surface area contributed by atoms with Gasteiger partial charge in [0, 0.05) is 12.6 Å². The van der Waals surface area contributed by atoms with Gasteiger partial charge in [0.15, 0.2) is 0 Å². The highest BCUT2D eigenvalue weighted by Gasteiger charge is 2.27. The van der Waals surface area contributed by atoms with E-state index >= 15 is 0 Å². The summed E-state index contributed by atoms with van der Waals surface area (Å²) in [7, 11) is 0. The third kappa shape index (κ3) is 2.40. The minimum Gasteiger partial charge on any atom is -0.336 e. The topological polar surface area (TPSA) is 20.3 Å². The van der Waals surface area contributed by atoms with Gasteiger partial charge in [0.1, 0.15) is 5.82 Å². The zero-order valence-corrected chi connectivity index (χ0v) is 11.1. The Morgan fingerprint density at radius 1 is 1.39 bits per heavy atom. The number of hydrogen-bond acceptors (Lipinski definition) is 1. The maximum atomic E-state index is 14.0. The van der Waals surface area contributed by atoms with E-state index in [0.717, 1.165) is 12.8 Å². The highest BCUT2D eigenvalue weighted by molar-refractivity contribution is 5.95. The molecule has 0 spiro atoms. The fraction of sp³-hybridized carbons (Fsp3) is 0.533. The molecule has 1 amide bonds. The average molecular weight is 249 g/mol.